The fraction of sp³-hybridized carbons (Fsp3) is 0.333. The molecule has 0 aliphatic carbocycles. The van der Waals surface area contributed by atoms with Crippen LogP contribution in [0.25, 0.3) is 10.8 Å². The molecule has 0 amide bonds. The lowest BCUT2D eigenvalue weighted by Gasteiger charge is -2.11. The van der Waals surface area contributed by atoms with E-state index in [-0.39, 0.29) is 13.4 Å². The molecule has 0 radical (unpaired) electrons. The summed E-state index contributed by atoms with van der Waals surface area (Å²) in [6.07, 6.45) is 0. The second-order valence-corrected chi connectivity index (χ2v) is 4.16. The maximum Gasteiger partial charge on any atom is 0.189 e. The summed E-state index contributed by atoms with van der Waals surface area (Å²) in [4.78, 5) is 0. The monoisotopic (exact) mass is 246 g/mol. The number of aryl methyl sites for hydroxylation is 1. The summed E-state index contributed by atoms with van der Waals surface area (Å²) in [5, 5.41) is 11.4. The van der Waals surface area contributed by atoms with Gasteiger partial charge in [-0.3, -0.25) is 0 Å². The third kappa shape index (κ3) is 2.63. The average Bonchev–Trinajstić information content (AvgIpc) is 2.41. The quantitative estimate of drug-likeness (QED) is 0.651. The standard InChI is InChI=1S/C15H18O3/c1-3-17-10-18-15-7-5-13-8-12(9-16)4-6-14(13)11(15)2/h4-8,16H,3,9-10H2,1-2H3. The van der Waals surface area contributed by atoms with Gasteiger partial charge in [-0.1, -0.05) is 18.2 Å². The molecule has 0 fully saturated rings. The van der Waals surface area contributed by atoms with Crippen molar-refractivity contribution in [3.8, 4) is 5.75 Å². The van der Waals surface area contributed by atoms with Gasteiger partial charge < -0.3 is 14.6 Å². The van der Waals surface area contributed by atoms with Crippen LogP contribution in [0.1, 0.15) is 18.1 Å². The van der Waals surface area contributed by atoms with Crippen LogP contribution >= 0.6 is 0 Å². The number of fused-ring (bicyclic) bond motifs is 1. The Kier molecular flexibility index (Phi) is 4.18. The third-order valence-electron chi connectivity index (χ3n) is 2.99. The van der Waals surface area contributed by atoms with Crippen molar-refractivity contribution in [1.82, 2.24) is 0 Å². The molecule has 18 heavy (non-hydrogen) atoms. The minimum atomic E-state index is 0.0670. The summed E-state index contributed by atoms with van der Waals surface area (Å²) >= 11 is 0. The molecule has 3 heteroatoms. The van der Waals surface area contributed by atoms with Crippen LogP contribution in [0.5, 0.6) is 5.75 Å². The molecule has 0 heterocycles. The summed E-state index contributed by atoms with van der Waals surface area (Å²) in [5.41, 5.74) is 2.02. The van der Waals surface area contributed by atoms with E-state index in [9.17, 15) is 0 Å². The first-order valence-corrected chi connectivity index (χ1v) is 6.10. The predicted octanol–water partition coefficient (Wildman–Crippen LogP) is 3.01. The van der Waals surface area contributed by atoms with Crippen molar-refractivity contribution in [2.75, 3.05) is 13.4 Å². The van der Waals surface area contributed by atoms with Gasteiger partial charge in [0.1, 0.15) is 5.75 Å². The zero-order chi connectivity index (χ0) is 13.0. The number of hydrogen-bond acceptors (Lipinski definition) is 3. The predicted molar refractivity (Wildman–Crippen MR) is 71.7 cm³/mol. The molecule has 1 N–H and O–H groups in total. The molecule has 0 bridgehead atoms. The lowest BCUT2D eigenvalue weighted by Crippen LogP contribution is -2.03. The van der Waals surface area contributed by atoms with Crippen molar-refractivity contribution in [1.29, 1.82) is 0 Å². The van der Waals surface area contributed by atoms with E-state index < -0.39 is 0 Å². The number of benzene rings is 2. The molecule has 0 aromatic heterocycles. The van der Waals surface area contributed by atoms with Crippen LogP contribution in [-0.2, 0) is 11.3 Å². The first kappa shape index (κ1) is 12.9. The van der Waals surface area contributed by atoms with E-state index in [4.69, 9.17) is 14.6 Å². The Labute approximate surface area is 107 Å². The molecular formula is C15H18O3. The molecule has 96 valence electrons. The first-order chi connectivity index (χ1) is 8.76. The summed E-state index contributed by atoms with van der Waals surface area (Å²) in [6, 6.07) is 9.89. The first-order valence-electron chi connectivity index (χ1n) is 6.10. The second kappa shape index (κ2) is 5.85. The van der Waals surface area contributed by atoms with Crippen molar-refractivity contribution in [2.24, 2.45) is 0 Å². The molecule has 2 aromatic rings. The van der Waals surface area contributed by atoms with Crippen LogP contribution in [0.4, 0.5) is 0 Å². The van der Waals surface area contributed by atoms with Gasteiger partial charge in [0.05, 0.1) is 6.61 Å². The molecule has 0 aliphatic rings. The summed E-state index contributed by atoms with van der Waals surface area (Å²) in [6.45, 7) is 4.96. The van der Waals surface area contributed by atoms with E-state index in [0.29, 0.717) is 6.61 Å². The van der Waals surface area contributed by atoms with Gasteiger partial charge in [0.25, 0.3) is 0 Å². The molecule has 0 unspecified atom stereocenters. The highest BCUT2D eigenvalue weighted by Gasteiger charge is 2.05. The van der Waals surface area contributed by atoms with Gasteiger partial charge in [-0.15, -0.1) is 0 Å². The normalized spacial score (nSPS) is 10.8. The van der Waals surface area contributed by atoms with E-state index >= 15 is 0 Å². The Bertz CT molecular complexity index is 534. The Hall–Kier alpha value is -1.58. The molecule has 0 aliphatic heterocycles. The number of rotatable bonds is 5. The summed E-state index contributed by atoms with van der Waals surface area (Å²) in [7, 11) is 0. The van der Waals surface area contributed by atoms with E-state index in [1.54, 1.807) is 0 Å². The number of ether oxygens (including phenoxy) is 2. The molecule has 0 atom stereocenters. The number of hydrogen-bond donors (Lipinski definition) is 1. The van der Waals surface area contributed by atoms with Gasteiger partial charge in [0.2, 0.25) is 0 Å². The molecule has 0 spiro atoms. The maximum absolute atomic E-state index is 9.12. The molecule has 2 rings (SSSR count). The molecule has 0 saturated heterocycles. The molecule has 2 aromatic carbocycles. The topological polar surface area (TPSA) is 38.7 Å². The van der Waals surface area contributed by atoms with Crippen molar-refractivity contribution < 1.29 is 14.6 Å². The lowest BCUT2D eigenvalue weighted by atomic mass is 10.0. The van der Waals surface area contributed by atoms with Gasteiger partial charge in [-0.2, -0.15) is 0 Å². The highest BCUT2D eigenvalue weighted by atomic mass is 16.7. The van der Waals surface area contributed by atoms with Crippen molar-refractivity contribution in [3.05, 3.63) is 41.5 Å². The van der Waals surface area contributed by atoms with Gasteiger partial charge in [-0.05, 0) is 47.9 Å². The number of aliphatic hydroxyl groups is 1. The van der Waals surface area contributed by atoms with Gasteiger partial charge in [-0.25, -0.2) is 0 Å². The van der Waals surface area contributed by atoms with E-state index in [0.717, 1.165) is 27.6 Å². The fourth-order valence-corrected chi connectivity index (χ4v) is 1.96. The van der Waals surface area contributed by atoms with Crippen LogP contribution < -0.4 is 4.74 Å². The van der Waals surface area contributed by atoms with Crippen molar-refractivity contribution >= 4 is 10.8 Å². The summed E-state index contributed by atoms with van der Waals surface area (Å²) in [5.74, 6) is 0.840. The lowest BCUT2D eigenvalue weighted by molar-refractivity contribution is 0.0221. The fourth-order valence-electron chi connectivity index (χ4n) is 1.96. The average molecular weight is 246 g/mol. The highest BCUT2D eigenvalue weighted by molar-refractivity contribution is 5.88. The Morgan fingerprint density at radius 3 is 2.72 bits per heavy atom. The van der Waals surface area contributed by atoms with Crippen LogP contribution in [-0.4, -0.2) is 18.5 Å². The molecule has 3 nitrogen and oxygen atoms in total. The van der Waals surface area contributed by atoms with E-state index in [1.165, 1.54) is 0 Å². The van der Waals surface area contributed by atoms with Crippen LogP contribution in [0.3, 0.4) is 0 Å². The van der Waals surface area contributed by atoms with Gasteiger partial charge in [0.15, 0.2) is 6.79 Å². The largest absolute Gasteiger partial charge is 0.467 e. The third-order valence-corrected chi connectivity index (χ3v) is 2.99. The molecule has 0 saturated carbocycles. The Morgan fingerprint density at radius 2 is 2.00 bits per heavy atom. The van der Waals surface area contributed by atoms with E-state index in [2.05, 4.69) is 0 Å². The van der Waals surface area contributed by atoms with E-state index in [1.807, 2.05) is 44.2 Å². The van der Waals surface area contributed by atoms with Gasteiger partial charge >= 0.3 is 0 Å². The molecular weight excluding hydrogens is 228 g/mol. The second-order valence-electron chi connectivity index (χ2n) is 4.16. The van der Waals surface area contributed by atoms with Gasteiger partial charge in [0, 0.05) is 6.61 Å². The van der Waals surface area contributed by atoms with Crippen molar-refractivity contribution in [3.63, 3.8) is 0 Å². The van der Waals surface area contributed by atoms with Crippen LogP contribution in [0, 0.1) is 6.92 Å². The van der Waals surface area contributed by atoms with Crippen LogP contribution in [0.15, 0.2) is 30.3 Å². The zero-order valence-corrected chi connectivity index (χ0v) is 10.8. The maximum atomic E-state index is 9.12. The number of aliphatic hydroxyl groups excluding tert-OH is 1. The minimum Gasteiger partial charge on any atom is -0.467 e. The smallest absolute Gasteiger partial charge is 0.189 e. The Morgan fingerprint density at radius 1 is 1.17 bits per heavy atom. The van der Waals surface area contributed by atoms with Crippen molar-refractivity contribution in [2.45, 2.75) is 20.5 Å². The highest BCUT2D eigenvalue weighted by Crippen LogP contribution is 2.28. The zero-order valence-electron chi connectivity index (χ0n) is 10.8. The van der Waals surface area contributed by atoms with Crippen LogP contribution in [0.2, 0.25) is 0 Å². The SMILES string of the molecule is CCOCOc1ccc2cc(CO)ccc2c1C. The summed E-state index contributed by atoms with van der Waals surface area (Å²) < 4.78 is 10.8. The Balaban J connectivity index is 2.32. The minimum absolute atomic E-state index is 0.0670.